The van der Waals surface area contributed by atoms with Gasteiger partial charge in [-0.15, -0.1) is 22.7 Å². The molecule has 2 aromatic heterocycles. The minimum absolute atomic E-state index is 1.24. The third-order valence-corrected chi connectivity index (χ3v) is 12.0. The van der Waals surface area contributed by atoms with Crippen LogP contribution in [0.4, 0.5) is 0 Å². The average molecular weight is 627 g/mol. The molecular weight excluding hydrogens is 569 g/mol. The van der Waals surface area contributed by atoms with Gasteiger partial charge in [0.25, 0.3) is 0 Å². The highest BCUT2D eigenvalue weighted by atomic mass is 32.1. The monoisotopic (exact) mass is 626 g/mol. The van der Waals surface area contributed by atoms with E-state index in [1.54, 1.807) is 9.75 Å². The van der Waals surface area contributed by atoms with Crippen LogP contribution in [-0.4, -0.2) is 0 Å². The lowest BCUT2D eigenvalue weighted by Gasteiger charge is -2.04. The molecule has 0 fully saturated rings. The number of aryl methyl sites for hydroxylation is 2. The summed E-state index contributed by atoms with van der Waals surface area (Å²) in [7, 11) is 0. The zero-order chi connectivity index (χ0) is 30.4. The quantitative estimate of drug-likeness (QED) is 0.0529. The van der Waals surface area contributed by atoms with Crippen molar-refractivity contribution in [1.82, 2.24) is 0 Å². The lowest BCUT2D eigenvalue weighted by atomic mass is 10.0. The summed E-state index contributed by atoms with van der Waals surface area (Å²) in [5.41, 5.74) is 0. The van der Waals surface area contributed by atoms with Crippen molar-refractivity contribution in [3.05, 3.63) is 58.3 Å². The van der Waals surface area contributed by atoms with E-state index < -0.39 is 0 Å². The molecule has 0 aliphatic carbocycles. The number of hydrogen-bond acceptors (Lipinski definition) is 2. The molecule has 0 saturated heterocycles. The summed E-state index contributed by atoms with van der Waals surface area (Å²) in [6, 6.07) is 19.6. The third-order valence-electron chi connectivity index (χ3n) is 9.72. The maximum absolute atomic E-state index is 2.47. The fraction of sp³-hybridized carbons (Fsp3) is 0.571. The molecule has 238 valence electrons. The Balaban J connectivity index is 1.11. The van der Waals surface area contributed by atoms with Gasteiger partial charge in [-0.1, -0.05) is 129 Å². The predicted octanol–water partition coefficient (Wildman–Crippen LogP) is 15.3. The molecule has 0 unspecified atom stereocenters. The second kappa shape index (κ2) is 18.3. The summed E-state index contributed by atoms with van der Waals surface area (Å²) >= 11 is 4.04. The van der Waals surface area contributed by atoms with Gasteiger partial charge in [0.2, 0.25) is 0 Å². The Hall–Kier alpha value is -1.90. The topological polar surface area (TPSA) is 0 Å². The molecule has 0 spiro atoms. The van der Waals surface area contributed by atoms with Crippen molar-refractivity contribution in [3.63, 3.8) is 0 Å². The highest BCUT2D eigenvalue weighted by Crippen LogP contribution is 2.36. The van der Waals surface area contributed by atoms with Crippen molar-refractivity contribution in [1.29, 1.82) is 0 Å². The highest BCUT2D eigenvalue weighted by Gasteiger charge is 2.09. The van der Waals surface area contributed by atoms with Crippen LogP contribution < -0.4 is 0 Å². The van der Waals surface area contributed by atoms with Gasteiger partial charge in [0.1, 0.15) is 0 Å². The van der Waals surface area contributed by atoms with Gasteiger partial charge < -0.3 is 0 Å². The van der Waals surface area contributed by atoms with Gasteiger partial charge in [0, 0.05) is 19.2 Å². The zero-order valence-corrected chi connectivity index (χ0v) is 29.6. The first-order chi connectivity index (χ1) is 21.7. The normalized spacial score (nSPS) is 12.0. The summed E-state index contributed by atoms with van der Waals surface area (Å²) in [5.74, 6) is 0. The van der Waals surface area contributed by atoms with Crippen molar-refractivity contribution in [2.75, 3.05) is 0 Å². The van der Waals surface area contributed by atoms with Crippen LogP contribution in [0.15, 0.2) is 48.5 Å². The Morgan fingerprint density at radius 1 is 0.318 bits per heavy atom. The third kappa shape index (κ3) is 10.1. The Morgan fingerprint density at radius 2 is 0.614 bits per heavy atom. The lowest BCUT2D eigenvalue weighted by molar-refractivity contribution is 0.557. The van der Waals surface area contributed by atoms with E-state index in [1.165, 1.54) is 183 Å². The molecule has 5 aromatic rings. The van der Waals surface area contributed by atoms with E-state index in [4.69, 9.17) is 0 Å². The van der Waals surface area contributed by atoms with Gasteiger partial charge in [-0.3, -0.25) is 0 Å². The van der Waals surface area contributed by atoms with Crippen LogP contribution in [0, 0.1) is 0 Å². The van der Waals surface area contributed by atoms with Crippen LogP contribution in [0.25, 0.3) is 41.7 Å². The van der Waals surface area contributed by atoms with Gasteiger partial charge in [-0.25, -0.2) is 0 Å². The first-order valence-corrected chi connectivity index (χ1v) is 20.2. The number of benzene rings is 3. The van der Waals surface area contributed by atoms with Crippen molar-refractivity contribution in [3.8, 4) is 0 Å². The molecule has 0 aliphatic rings. The second-order valence-electron chi connectivity index (χ2n) is 13.6. The number of unbranched alkanes of at least 4 members (excludes halogenated alkanes) is 18. The van der Waals surface area contributed by atoms with Gasteiger partial charge >= 0.3 is 0 Å². The van der Waals surface area contributed by atoms with E-state index in [1.807, 2.05) is 22.7 Å². The van der Waals surface area contributed by atoms with Gasteiger partial charge in [-0.05, 0) is 107 Å². The highest BCUT2D eigenvalue weighted by molar-refractivity contribution is 7.19. The Bertz CT molecular complexity index is 1350. The SMILES string of the molecule is CCCCCCCCCCCCc1cc2cc3cc4cc5sc(CCCCCCCCCCCC)cc5cc4cc3cc2s1. The second-order valence-corrected chi connectivity index (χ2v) is 16.0. The molecule has 5 rings (SSSR count). The van der Waals surface area contributed by atoms with Crippen LogP contribution in [-0.2, 0) is 12.8 Å². The molecular formula is C42H58S2. The number of rotatable bonds is 22. The van der Waals surface area contributed by atoms with E-state index in [2.05, 4.69) is 62.4 Å². The zero-order valence-electron chi connectivity index (χ0n) is 28.0. The fourth-order valence-corrected chi connectivity index (χ4v) is 9.28. The van der Waals surface area contributed by atoms with Crippen LogP contribution in [0.3, 0.4) is 0 Å². The van der Waals surface area contributed by atoms with E-state index in [0.717, 1.165) is 0 Å². The van der Waals surface area contributed by atoms with E-state index >= 15 is 0 Å². The first-order valence-electron chi connectivity index (χ1n) is 18.6. The molecule has 2 heterocycles. The summed E-state index contributed by atoms with van der Waals surface area (Å²) in [6.07, 6.45) is 30.7. The van der Waals surface area contributed by atoms with Crippen LogP contribution >= 0.6 is 22.7 Å². The predicted molar refractivity (Wildman–Crippen MR) is 203 cm³/mol. The first kappa shape index (κ1) is 33.5. The molecule has 0 radical (unpaired) electrons. The molecule has 44 heavy (non-hydrogen) atoms. The van der Waals surface area contributed by atoms with Gasteiger partial charge in [0.05, 0.1) is 0 Å². The molecule has 3 aromatic carbocycles. The van der Waals surface area contributed by atoms with Crippen molar-refractivity contribution >= 4 is 64.4 Å². The maximum Gasteiger partial charge on any atom is 0.0352 e. The molecule has 0 aliphatic heterocycles. The number of fused-ring (bicyclic) bond motifs is 4. The van der Waals surface area contributed by atoms with Gasteiger partial charge in [-0.2, -0.15) is 0 Å². The largest absolute Gasteiger partial charge is 0.140 e. The molecule has 0 atom stereocenters. The minimum Gasteiger partial charge on any atom is -0.140 e. The van der Waals surface area contributed by atoms with Gasteiger partial charge in [0.15, 0.2) is 0 Å². The number of hydrogen-bond donors (Lipinski definition) is 0. The lowest BCUT2D eigenvalue weighted by Crippen LogP contribution is -1.84. The molecule has 2 heteroatoms. The Kier molecular flexibility index (Phi) is 13.9. The van der Waals surface area contributed by atoms with E-state index in [0.29, 0.717) is 0 Å². The van der Waals surface area contributed by atoms with Crippen molar-refractivity contribution < 1.29 is 0 Å². The van der Waals surface area contributed by atoms with Crippen LogP contribution in [0.5, 0.6) is 0 Å². The Labute approximate surface area is 276 Å². The van der Waals surface area contributed by atoms with Crippen molar-refractivity contribution in [2.45, 2.75) is 155 Å². The number of thiophene rings is 2. The average Bonchev–Trinajstić information content (AvgIpc) is 3.61. The van der Waals surface area contributed by atoms with Crippen molar-refractivity contribution in [2.24, 2.45) is 0 Å². The van der Waals surface area contributed by atoms with Crippen LogP contribution in [0.1, 0.15) is 152 Å². The maximum atomic E-state index is 2.47. The van der Waals surface area contributed by atoms with E-state index in [-0.39, 0.29) is 0 Å². The smallest absolute Gasteiger partial charge is 0.0352 e. The molecule has 0 nitrogen and oxygen atoms in total. The summed E-state index contributed by atoms with van der Waals surface area (Å²) < 4.78 is 2.91. The molecule has 0 bridgehead atoms. The Morgan fingerprint density at radius 3 is 0.977 bits per heavy atom. The standard InChI is InChI=1S/C42H58S2/c1-3-5-7-9-11-13-15-17-19-21-23-39-29-37-27-33-25-36-32-42-38(28-34(36)26-35(33)31-41(37)43-39)30-40(44-42)24-22-20-18-16-14-12-10-8-6-4-2/h25-32H,3-24H2,1-2H3. The summed E-state index contributed by atoms with van der Waals surface area (Å²) in [6.45, 7) is 4.60. The summed E-state index contributed by atoms with van der Waals surface area (Å²) in [5, 5.41) is 8.40. The molecule has 0 amide bonds. The fourth-order valence-electron chi connectivity index (χ4n) is 7.01. The van der Waals surface area contributed by atoms with Crippen LogP contribution in [0.2, 0.25) is 0 Å². The van der Waals surface area contributed by atoms with E-state index in [9.17, 15) is 0 Å². The summed E-state index contributed by atoms with van der Waals surface area (Å²) in [4.78, 5) is 3.13. The minimum atomic E-state index is 1.24. The molecule has 0 N–H and O–H groups in total. The molecule has 0 saturated carbocycles.